The molecule has 0 spiro atoms. The standard InChI is InChI=1S/C11H10NOS.C3H3NS.2BrH/c13-11(8-12-6-7-14-9-12)10-4-2-1-3-5-10;1-2-5-3-4-1;;/h1-7,9H,8H2;1-3H;2*1H/q+1;;;/p-1. The number of carbonyl (C=O) groups is 1. The van der Waals surface area contributed by atoms with E-state index in [1.807, 2.05) is 69.1 Å². The van der Waals surface area contributed by atoms with E-state index in [0.717, 1.165) is 5.56 Å². The van der Waals surface area contributed by atoms with Crippen LogP contribution >= 0.6 is 22.7 Å². The molecule has 3 nitrogen and oxygen atoms in total. The zero-order valence-corrected chi connectivity index (χ0v) is 15.8. The van der Waals surface area contributed by atoms with Crippen molar-refractivity contribution in [2.45, 2.75) is 6.54 Å². The van der Waals surface area contributed by atoms with Crippen LogP contribution in [0.5, 0.6) is 0 Å². The number of aromatic nitrogens is 2. The van der Waals surface area contributed by atoms with Gasteiger partial charge in [0.2, 0.25) is 23.3 Å². The summed E-state index contributed by atoms with van der Waals surface area (Å²) in [4.78, 5) is 14.6. The number of aromatic amines is 1. The van der Waals surface area contributed by atoms with Crippen LogP contribution in [-0.2, 0) is 6.54 Å². The fraction of sp³-hybridized carbons (Fsp3) is 0.0714. The minimum absolute atomic E-state index is 0. The zero-order valence-electron chi connectivity index (χ0n) is 11.0. The van der Waals surface area contributed by atoms with Gasteiger partial charge in [0, 0.05) is 5.56 Å². The molecule has 112 valence electrons. The Morgan fingerprint density at radius 2 is 1.86 bits per heavy atom. The number of carbonyl (C=O) groups excluding carboxylic acids is 1. The Bertz CT molecular complexity index is 570. The Morgan fingerprint density at radius 3 is 2.33 bits per heavy atom. The Morgan fingerprint density at radius 1 is 1.10 bits per heavy atom. The fourth-order valence-electron chi connectivity index (χ4n) is 1.43. The lowest BCUT2D eigenvalue weighted by molar-refractivity contribution is -0.678. The molecule has 0 amide bonds. The molecule has 0 unspecified atom stereocenters. The number of Topliss-reactive ketones (excluding diaryl/α,β-unsaturated/α-hetero) is 1. The van der Waals surface area contributed by atoms with Gasteiger partial charge in [-0.3, -0.25) is 4.79 Å². The van der Waals surface area contributed by atoms with Gasteiger partial charge in [0.25, 0.3) is 0 Å². The number of nitrogens with one attached hydrogen (secondary N) is 1. The molecule has 0 aliphatic heterocycles. The lowest BCUT2D eigenvalue weighted by Crippen LogP contribution is -3.00. The predicted octanol–water partition coefficient (Wildman–Crippen LogP) is -3.51. The van der Waals surface area contributed by atoms with E-state index in [-0.39, 0.29) is 39.7 Å². The summed E-state index contributed by atoms with van der Waals surface area (Å²) >= 11 is 3.24. The highest BCUT2D eigenvalue weighted by Crippen LogP contribution is 2.00. The zero-order chi connectivity index (χ0) is 13.3. The normalized spacial score (nSPS) is 8.57. The molecule has 0 radical (unpaired) electrons. The van der Waals surface area contributed by atoms with Gasteiger partial charge in [0.05, 0.1) is 10.8 Å². The maximum Gasteiger partial charge on any atom is 0.227 e. The first-order chi connectivity index (χ1) is 9.36. The lowest BCUT2D eigenvalue weighted by atomic mass is 10.1. The van der Waals surface area contributed by atoms with Crippen LogP contribution in [0.1, 0.15) is 10.4 Å². The molecule has 0 saturated carbocycles. The molecule has 0 fully saturated rings. The van der Waals surface area contributed by atoms with E-state index < -0.39 is 0 Å². The summed E-state index contributed by atoms with van der Waals surface area (Å²) in [7, 11) is 0. The first kappa shape index (κ1) is 20.1. The van der Waals surface area contributed by atoms with Crippen molar-refractivity contribution in [3.63, 3.8) is 0 Å². The number of thiazole rings is 2. The molecule has 2 heterocycles. The SMILES string of the molecule is O=C(C[n+]1ccsc1)c1ccccc1.[Br-].[Br-].c1csc[nH+]1. The molecule has 1 N–H and O–H groups in total. The van der Waals surface area contributed by atoms with Gasteiger partial charge in [0.1, 0.15) is 0 Å². The topological polar surface area (TPSA) is 35.1 Å². The van der Waals surface area contributed by atoms with Crippen LogP contribution in [0, 0.1) is 0 Å². The van der Waals surface area contributed by atoms with Crippen molar-refractivity contribution in [2.24, 2.45) is 0 Å². The molecule has 3 rings (SSSR count). The second kappa shape index (κ2) is 11.7. The molecule has 0 aliphatic rings. The maximum absolute atomic E-state index is 11.7. The van der Waals surface area contributed by atoms with Crippen molar-refractivity contribution in [3.8, 4) is 0 Å². The Kier molecular flexibility index (Phi) is 11.2. The van der Waals surface area contributed by atoms with Gasteiger partial charge in [0.15, 0.2) is 12.4 Å². The fourth-order valence-corrected chi connectivity index (χ4v) is 2.42. The van der Waals surface area contributed by atoms with E-state index >= 15 is 0 Å². The van der Waals surface area contributed by atoms with Crippen molar-refractivity contribution in [3.05, 3.63) is 70.1 Å². The van der Waals surface area contributed by atoms with E-state index in [1.165, 1.54) is 0 Å². The van der Waals surface area contributed by atoms with Crippen LogP contribution in [0.25, 0.3) is 0 Å². The highest BCUT2D eigenvalue weighted by molar-refractivity contribution is 7.07. The Labute approximate surface area is 152 Å². The minimum atomic E-state index is 0. The van der Waals surface area contributed by atoms with E-state index in [4.69, 9.17) is 0 Å². The van der Waals surface area contributed by atoms with Gasteiger partial charge in [-0.2, -0.15) is 4.57 Å². The molecule has 1 aromatic carbocycles. The summed E-state index contributed by atoms with van der Waals surface area (Å²) in [6.07, 6.45) is 3.80. The molecule has 7 heteroatoms. The average Bonchev–Trinajstić information content (AvgIpc) is 3.15. The van der Waals surface area contributed by atoms with Crippen LogP contribution in [0.15, 0.2) is 64.5 Å². The summed E-state index contributed by atoms with van der Waals surface area (Å²) in [6.45, 7) is 0.424. The van der Waals surface area contributed by atoms with Gasteiger partial charge in [-0.25, -0.2) is 4.98 Å². The summed E-state index contributed by atoms with van der Waals surface area (Å²) in [6, 6.07) is 9.36. The van der Waals surface area contributed by atoms with Crippen molar-refractivity contribution in [1.82, 2.24) is 0 Å². The number of benzene rings is 1. The highest BCUT2D eigenvalue weighted by atomic mass is 79.9. The average molecular weight is 450 g/mol. The molecule has 0 saturated heterocycles. The quantitative estimate of drug-likeness (QED) is 0.301. The van der Waals surface area contributed by atoms with Crippen molar-refractivity contribution in [1.29, 1.82) is 0 Å². The van der Waals surface area contributed by atoms with Crippen molar-refractivity contribution in [2.75, 3.05) is 0 Å². The first-order valence-electron chi connectivity index (χ1n) is 5.74. The van der Waals surface area contributed by atoms with Gasteiger partial charge >= 0.3 is 0 Å². The van der Waals surface area contributed by atoms with Gasteiger partial charge < -0.3 is 34.0 Å². The number of rotatable bonds is 3. The number of halogens is 2. The predicted molar refractivity (Wildman–Crippen MR) is 76.2 cm³/mol. The largest absolute Gasteiger partial charge is 1.00 e. The highest BCUT2D eigenvalue weighted by Gasteiger charge is 2.10. The van der Waals surface area contributed by atoms with Crippen molar-refractivity contribution < 1.29 is 48.3 Å². The van der Waals surface area contributed by atoms with E-state index in [0.29, 0.717) is 6.54 Å². The van der Waals surface area contributed by atoms with Gasteiger partial charge in [-0.05, 0) is 0 Å². The Balaban J connectivity index is 0.000000491. The van der Waals surface area contributed by atoms with E-state index in [9.17, 15) is 4.79 Å². The molecule has 3 aromatic rings. The van der Waals surface area contributed by atoms with Gasteiger partial charge in [-0.1, -0.05) is 53.0 Å². The summed E-state index contributed by atoms with van der Waals surface area (Å²) < 4.78 is 1.89. The minimum Gasteiger partial charge on any atom is -1.00 e. The molecule has 0 aliphatic carbocycles. The van der Waals surface area contributed by atoms with E-state index in [1.54, 1.807) is 22.7 Å². The lowest BCUT2D eigenvalue weighted by Gasteiger charge is -1.94. The first-order valence-corrected chi connectivity index (χ1v) is 7.62. The van der Waals surface area contributed by atoms with Gasteiger partial charge in [-0.15, -0.1) is 0 Å². The third kappa shape index (κ3) is 7.61. The van der Waals surface area contributed by atoms with Crippen molar-refractivity contribution >= 4 is 28.5 Å². The summed E-state index contributed by atoms with van der Waals surface area (Å²) in [5.41, 5.74) is 4.62. The van der Waals surface area contributed by atoms with Crippen LogP contribution < -0.4 is 43.5 Å². The van der Waals surface area contributed by atoms with Crippen LogP contribution in [0.3, 0.4) is 0 Å². The van der Waals surface area contributed by atoms with Crippen LogP contribution in [0.4, 0.5) is 0 Å². The molecular weight excluding hydrogens is 436 g/mol. The number of H-pyrrole nitrogens is 1. The van der Waals surface area contributed by atoms with E-state index in [2.05, 4.69) is 4.98 Å². The smallest absolute Gasteiger partial charge is 0.227 e. The number of nitrogens with zero attached hydrogens (tertiary/aromatic N) is 1. The second-order valence-corrected chi connectivity index (χ2v) is 5.25. The monoisotopic (exact) mass is 448 g/mol. The molecule has 0 atom stereocenters. The third-order valence-electron chi connectivity index (χ3n) is 2.33. The van der Waals surface area contributed by atoms with Crippen LogP contribution in [0.2, 0.25) is 0 Å². The van der Waals surface area contributed by atoms with Crippen LogP contribution in [-0.4, -0.2) is 5.78 Å². The second-order valence-electron chi connectivity index (χ2n) is 3.71. The number of hydrogen-bond donors (Lipinski definition) is 0. The summed E-state index contributed by atoms with van der Waals surface area (Å²) in [5.74, 6) is 0.147. The Hall–Kier alpha value is -0.890. The summed E-state index contributed by atoms with van der Waals surface area (Å²) in [5, 5.41) is 3.94. The molecule has 2 aromatic heterocycles. The molecule has 0 bridgehead atoms. The molecule has 21 heavy (non-hydrogen) atoms. The number of hydrogen-bond acceptors (Lipinski definition) is 3. The number of ketones is 1. The molecular formula is C14H14Br2N2OS2. The maximum atomic E-state index is 11.7. The third-order valence-corrected chi connectivity index (χ3v) is 3.56.